The second-order valence-corrected chi connectivity index (χ2v) is 2.19. The van der Waals surface area contributed by atoms with Crippen LogP contribution < -0.4 is 5.73 Å². The zero-order chi connectivity index (χ0) is 8.27. The molecule has 0 aliphatic rings. The Labute approximate surface area is 64.1 Å². The third-order valence-corrected chi connectivity index (χ3v) is 1.34. The summed E-state index contributed by atoms with van der Waals surface area (Å²) in [4.78, 5) is 0. The molecule has 2 N–H and O–H groups in total. The first-order valence-electron chi connectivity index (χ1n) is 3.15. The lowest BCUT2D eigenvalue weighted by Gasteiger charge is -1.97. The number of nitrogens with two attached hydrogens (primary N) is 1. The Hall–Kier alpha value is -1.56. The SMILES string of the molecule is N#CCc1ccc(F)c(N)c1. The van der Waals surface area contributed by atoms with Crippen LogP contribution in [0.5, 0.6) is 0 Å². The Balaban J connectivity index is 2.98. The molecule has 0 amide bonds. The van der Waals surface area contributed by atoms with Gasteiger partial charge < -0.3 is 5.73 Å². The van der Waals surface area contributed by atoms with Crippen molar-refractivity contribution < 1.29 is 4.39 Å². The summed E-state index contributed by atoms with van der Waals surface area (Å²) in [6.07, 6.45) is 0.268. The molecule has 2 nitrogen and oxygen atoms in total. The predicted molar refractivity (Wildman–Crippen MR) is 40.1 cm³/mol. The van der Waals surface area contributed by atoms with Crippen molar-refractivity contribution in [3.8, 4) is 6.07 Å². The molecule has 1 aromatic rings. The van der Waals surface area contributed by atoms with Crippen LogP contribution in [0.3, 0.4) is 0 Å². The van der Waals surface area contributed by atoms with Crippen molar-refractivity contribution >= 4 is 5.69 Å². The maximum absolute atomic E-state index is 12.5. The van der Waals surface area contributed by atoms with E-state index in [4.69, 9.17) is 11.0 Å². The van der Waals surface area contributed by atoms with Gasteiger partial charge in [0.15, 0.2) is 0 Å². The van der Waals surface area contributed by atoms with Crippen molar-refractivity contribution in [2.45, 2.75) is 6.42 Å². The summed E-state index contributed by atoms with van der Waals surface area (Å²) in [5.41, 5.74) is 6.10. The largest absolute Gasteiger partial charge is 0.396 e. The van der Waals surface area contributed by atoms with Crippen LogP contribution >= 0.6 is 0 Å². The number of hydrogen-bond donors (Lipinski definition) is 1. The molecule has 0 atom stereocenters. The second kappa shape index (κ2) is 3.02. The summed E-state index contributed by atoms with van der Waals surface area (Å²) in [5, 5.41) is 8.30. The lowest BCUT2D eigenvalue weighted by atomic mass is 10.1. The van der Waals surface area contributed by atoms with Gasteiger partial charge in [0.2, 0.25) is 0 Å². The van der Waals surface area contributed by atoms with Gasteiger partial charge in [0.1, 0.15) is 5.82 Å². The van der Waals surface area contributed by atoms with E-state index >= 15 is 0 Å². The lowest BCUT2D eigenvalue weighted by molar-refractivity contribution is 0.632. The fraction of sp³-hybridized carbons (Fsp3) is 0.125. The average molecular weight is 150 g/mol. The quantitative estimate of drug-likeness (QED) is 0.616. The molecule has 11 heavy (non-hydrogen) atoms. The summed E-state index contributed by atoms with van der Waals surface area (Å²) in [6.45, 7) is 0. The van der Waals surface area contributed by atoms with Gasteiger partial charge in [-0.05, 0) is 17.7 Å². The molecule has 0 saturated heterocycles. The van der Waals surface area contributed by atoms with Gasteiger partial charge in [0.25, 0.3) is 0 Å². The van der Waals surface area contributed by atoms with E-state index in [1.54, 1.807) is 6.07 Å². The fourth-order valence-electron chi connectivity index (χ4n) is 0.794. The molecule has 0 unspecified atom stereocenters. The van der Waals surface area contributed by atoms with Gasteiger partial charge in [0.05, 0.1) is 18.2 Å². The molecule has 0 spiro atoms. The van der Waals surface area contributed by atoms with E-state index in [1.165, 1.54) is 12.1 Å². The van der Waals surface area contributed by atoms with Crippen molar-refractivity contribution in [2.75, 3.05) is 5.73 Å². The lowest BCUT2D eigenvalue weighted by Crippen LogP contribution is -1.92. The van der Waals surface area contributed by atoms with Crippen LogP contribution in [0.25, 0.3) is 0 Å². The highest BCUT2D eigenvalue weighted by Crippen LogP contribution is 2.11. The van der Waals surface area contributed by atoms with E-state index in [1.807, 2.05) is 6.07 Å². The summed E-state index contributed by atoms with van der Waals surface area (Å²) in [5.74, 6) is -0.438. The molecule has 0 aliphatic carbocycles. The van der Waals surface area contributed by atoms with Crippen LogP contribution in [0.1, 0.15) is 5.56 Å². The Morgan fingerprint density at radius 2 is 2.27 bits per heavy atom. The van der Waals surface area contributed by atoms with E-state index in [9.17, 15) is 4.39 Å². The number of nitrogen functional groups attached to an aromatic ring is 1. The van der Waals surface area contributed by atoms with Gasteiger partial charge >= 0.3 is 0 Å². The number of nitriles is 1. The zero-order valence-electron chi connectivity index (χ0n) is 5.84. The van der Waals surface area contributed by atoms with Crippen LogP contribution in [0.15, 0.2) is 18.2 Å². The monoisotopic (exact) mass is 150 g/mol. The molecule has 1 aromatic carbocycles. The van der Waals surface area contributed by atoms with Crippen molar-refractivity contribution in [1.29, 1.82) is 5.26 Å². The number of anilines is 1. The second-order valence-electron chi connectivity index (χ2n) is 2.19. The first-order chi connectivity index (χ1) is 5.24. The molecular weight excluding hydrogens is 143 g/mol. The summed E-state index contributed by atoms with van der Waals surface area (Å²) in [7, 11) is 0. The van der Waals surface area contributed by atoms with E-state index in [-0.39, 0.29) is 12.1 Å². The minimum Gasteiger partial charge on any atom is -0.396 e. The first-order valence-corrected chi connectivity index (χ1v) is 3.15. The van der Waals surface area contributed by atoms with Gasteiger partial charge in [-0.2, -0.15) is 5.26 Å². The highest BCUT2D eigenvalue weighted by Gasteiger charge is 1.97. The maximum atomic E-state index is 12.5. The van der Waals surface area contributed by atoms with Gasteiger partial charge in [-0.1, -0.05) is 6.07 Å². The van der Waals surface area contributed by atoms with Crippen LogP contribution in [0.4, 0.5) is 10.1 Å². The van der Waals surface area contributed by atoms with Gasteiger partial charge in [-0.25, -0.2) is 4.39 Å². The Morgan fingerprint density at radius 1 is 1.55 bits per heavy atom. The molecule has 0 saturated carbocycles. The molecule has 0 aromatic heterocycles. The molecule has 0 aliphatic heterocycles. The molecule has 0 heterocycles. The number of nitrogens with zero attached hydrogens (tertiary/aromatic N) is 1. The Bertz CT molecular complexity index is 301. The van der Waals surface area contributed by atoms with E-state index in [0.717, 1.165) is 5.56 Å². The van der Waals surface area contributed by atoms with Crippen molar-refractivity contribution in [2.24, 2.45) is 0 Å². The van der Waals surface area contributed by atoms with Crippen LogP contribution in [-0.4, -0.2) is 0 Å². The Kier molecular flexibility index (Phi) is 2.07. The summed E-state index contributed by atoms with van der Waals surface area (Å²) >= 11 is 0. The van der Waals surface area contributed by atoms with Crippen molar-refractivity contribution in [3.63, 3.8) is 0 Å². The molecule has 3 heteroatoms. The molecule has 0 fully saturated rings. The maximum Gasteiger partial charge on any atom is 0.146 e. The third-order valence-electron chi connectivity index (χ3n) is 1.34. The number of benzene rings is 1. The number of rotatable bonds is 1. The minimum atomic E-state index is -0.438. The predicted octanol–water partition coefficient (Wildman–Crippen LogP) is 1.47. The fourth-order valence-corrected chi connectivity index (χ4v) is 0.794. The topological polar surface area (TPSA) is 49.8 Å². The molecule has 0 radical (unpaired) electrons. The summed E-state index contributed by atoms with van der Waals surface area (Å²) < 4.78 is 12.5. The minimum absolute atomic E-state index is 0.0951. The highest BCUT2D eigenvalue weighted by molar-refractivity contribution is 5.42. The molecular formula is C8H7FN2. The summed E-state index contributed by atoms with van der Waals surface area (Å²) in [6, 6.07) is 6.24. The van der Waals surface area contributed by atoms with Crippen molar-refractivity contribution in [1.82, 2.24) is 0 Å². The van der Waals surface area contributed by atoms with Crippen LogP contribution in [0, 0.1) is 17.1 Å². The molecule has 1 rings (SSSR count). The van der Waals surface area contributed by atoms with E-state index < -0.39 is 5.82 Å². The van der Waals surface area contributed by atoms with Crippen molar-refractivity contribution in [3.05, 3.63) is 29.6 Å². The van der Waals surface area contributed by atoms with E-state index in [0.29, 0.717) is 0 Å². The number of hydrogen-bond acceptors (Lipinski definition) is 2. The average Bonchev–Trinajstić information content (AvgIpc) is 1.98. The van der Waals surface area contributed by atoms with Crippen LogP contribution in [-0.2, 0) is 6.42 Å². The smallest absolute Gasteiger partial charge is 0.146 e. The molecule has 56 valence electrons. The number of halogens is 1. The van der Waals surface area contributed by atoms with Gasteiger partial charge in [-0.3, -0.25) is 0 Å². The highest BCUT2D eigenvalue weighted by atomic mass is 19.1. The third kappa shape index (κ3) is 1.68. The van der Waals surface area contributed by atoms with Gasteiger partial charge in [-0.15, -0.1) is 0 Å². The van der Waals surface area contributed by atoms with E-state index in [2.05, 4.69) is 0 Å². The normalized spacial score (nSPS) is 9.09. The van der Waals surface area contributed by atoms with Gasteiger partial charge in [0, 0.05) is 0 Å². The zero-order valence-corrected chi connectivity index (χ0v) is 5.84. The first kappa shape index (κ1) is 7.55. The van der Waals surface area contributed by atoms with Crippen LogP contribution in [0.2, 0.25) is 0 Å². The standard InChI is InChI=1S/C8H7FN2/c9-7-2-1-6(3-4-10)5-8(7)11/h1-2,5H,3,11H2. The molecule has 0 bridgehead atoms. The Morgan fingerprint density at radius 3 is 2.82 bits per heavy atom.